The van der Waals surface area contributed by atoms with Crippen molar-refractivity contribution in [3.05, 3.63) is 29.3 Å². The molecule has 89 valence electrons. The first-order valence-electron chi connectivity index (χ1n) is 5.77. The van der Waals surface area contributed by atoms with E-state index in [4.69, 9.17) is 11.6 Å². The van der Waals surface area contributed by atoms with Crippen molar-refractivity contribution in [2.75, 3.05) is 0 Å². The Morgan fingerprint density at radius 1 is 0.875 bits per heavy atom. The van der Waals surface area contributed by atoms with E-state index in [-0.39, 0.29) is 0 Å². The second-order valence-electron chi connectivity index (χ2n) is 6.35. The molecule has 0 saturated carbocycles. The van der Waals surface area contributed by atoms with Crippen LogP contribution in [0.25, 0.3) is 0 Å². The van der Waals surface area contributed by atoms with Crippen molar-refractivity contribution in [3.8, 4) is 0 Å². The van der Waals surface area contributed by atoms with E-state index in [9.17, 15) is 0 Å². The highest BCUT2D eigenvalue weighted by atomic mass is 35.5. The Balaban J connectivity index is 3.29. The first-order chi connectivity index (χ1) is 7.14. The predicted octanol–water partition coefficient (Wildman–Crippen LogP) is 4.64. The van der Waals surface area contributed by atoms with Crippen LogP contribution in [0.1, 0.15) is 41.5 Å². The summed E-state index contributed by atoms with van der Waals surface area (Å²) in [6, 6.07) is 8.33. The third kappa shape index (κ3) is 3.11. The summed E-state index contributed by atoms with van der Waals surface area (Å²) in [6.45, 7) is 14.0. The van der Waals surface area contributed by atoms with Gasteiger partial charge in [-0.25, -0.2) is 0 Å². The van der Waals surface area contributed by atoms with Crippen molar-refractivity contribution in [1.29, 1.82) is 0 Å². The Hall–Kier alpha value is -0.273. The standard InChI is InChI=1S/C14H22ClSi/c1-13(2,3)16(14(4,5)6)12-10-8-7-9-11(12)15/h7-10H,1-6H3. The molecule has 0 amide bonds. The SMILES string of the molecule is CC(C)(C)[Si](c1ccccc1Cl)C(C)(C)C. The quantitative estimate of drug-likeness (QED) is 0.640. The van der Waals surface area contributed by atoms with Gasteiger partial charge >= 0.3 is 0 Å². The summed E-state index contributed by atoms with van der Waals surface area (Å²) in [5.41, 5.74) is 0. The van der Waals surface area contributed by atoms with Crippen LogP contribution in [0.4, 0.5) is 0 Å². The molecular formula is C14H22ClSi. The number of hydrogen-bond acceptors (Lipinski definition) is 0. The zero-order chi connectivity index (χ0) is 12.6. The summed E-state index contributed by atoms with van der Waals surface area (Å²) >= 11 is 6.36. The second kappa shape index (κ2) is 4.54. The highest BCUT2D eigenvalue weighted by molar-refractivity contribution is 6.80. The van der Waals surface area contributed by atoms with Crippen LogP contribution in [0.5, 0.6) is 0 Å². The Labute approximate surface area is 107 Å². The molecule has 0 unspecified atom stereocenters. The molecule has 0 heterocycles. The molecule has 0 bridgehead atoms. The first-order valence-corrected chi connectivity index (χ1v) is 7.64. The van der Waals surface area contributed by atoms with Crippen molar-refractivity contribution in [3.63, 3.8) is 0 Å². The van der Waals surface area contributed by atoms with Crippen molar-refractivity contribution < 1.29 is 0 Å². The molecule has 16 heavy (non-hydrogen) atoms. The lowest BCUT2D eigenvalue weighted by molar-refractivity contribution is 0.653. The molecule has 1 aromatic carbocycles. The minimum Gasteiger partial charge on any atom is -0.0845 e. The maximum absolute atomic E-state index is 6.36. The molecule has 0 spiro atoms. The van der Waals surface area contributed by atoms with E-state index in [1.54, 1.807) is 0 Å². The molecule has 1 radical (unpaired) electrons. The molecule has 0 fully saturated rings. The van der Waals surface area contributed by atoms with E-state index >= 15 is 0 Å². The van der Waals surface area contributed by atoms with E-state index in [1.807, 2.05) is 12.1 Å². The van der Waals surface area contributed by atoms with E-state index in [0.29, 0.717) is 10.1 Å². The fourth-order valence-corrected chi connectivity index (χ4v) is 7.47. The molecule has 0 aliphatic rings. The van der Waals surface area contributed by atoms with Crippen molar-refractivity contribution in [2.45, 2.75) is 51.6 Å². The second-order valence-corrected chi connectivity index (χ2v) is 11.1. The molecule has 0 nitrogen and oxygen atoms in total. The van der Waals surface area contributed by atoms with Gasteiger partial charge in [-0.1, -0.05) is 71.3 Å². The Bertz CT molecular complexity index is 344. The van der Waals surface area contributed by atoms with Gasteiger partial charge < -0.3 is 0 Å². The maximum Gasteiger partial charge on any atom is 0.0989 e. The van der Waals surface area contributed by atoms with Crippen LogP contribution in [0.2, 0.25) is 15.1 Å². The topological polar surface area (TPSA) is 0 Å². The van der Waals surface area contributed by atoms with Crippen LogP contribution < -0.4 is 5.19 Å². The van der Waals surface area contributed by atoms with Gasteiger partial charge in [0.05, 0.1) is 8.80 Å². The van der Waals surface area contributed by atoms with Gasteiger partial charge in [-0.3, -0.25) is 0 Å². The third-order valence-corrected chi connectivity index (χ3v) is 7.11. The molecule has 0 saturated heterocycles. The summed E-state index contributed by atoms with van der Waals surface area (Å²) < 4.78 is 0. The van der Waals surface area contributed by atoms with Gasteiger partial charge in [0.1, 0.15) is 0 Å². The average molecular weight is 254 g/mol. The van der Waals surface area contributed by atoms with E-state index in [0.717, 1.165) is 5.02 Å². The van der Waals surface area contributed by atoms with Crippen LogP contribution in [0.15, 0.2) is 24.3 Å². The van der Waals surface area contributed by atoms with Crippen LogP contribution in [0, 0.1) is 0 Å². The Morgan fingerprint density at radius 3 is 1.69 bits per heavy atom. The van der Waals surface area contributed by atoms with Gasteiger partial charge in [0, 0.05) is 5.02 Å². The van der Waals surface area contributed by atoms with Crippen LogP contribution in [-0.2, 0) is 0 Å². The zero-order valence-corrected chi connectivity index (χ0v) is 12.9. The van der Waals surface area contributed by atoms with E-state index < -0.39 is 8.80 Å². The van der Waals surface area contributed by atoms with E-state index in [2.05, 4.69) is 53.7 Å². The summed E-state index contributed by atoms with van der Waals surface area (Å²) in [6.07, 6.45) is 0. The molecule has 0 aliphatic carbocycles. The molecule has 1 aromatic rings. The van der Waals surface area contributed by atoms with Crippen molar-refractivity contribution in [1.82, 2.24) is 0 Å². The Morgan fingerprint density at radius 2 is 1.31 bits per heavy atom. The lowest BCUT2D eigenvalue weighted by atomic mass is 10.2. The third-order valence-electron chi connectivity index (χ3n) is 2.64. The maximum atomic E-state index is 6.36. The monoisotopic (exact) mass is 253 g/mol. The summed E-state index contributed by atoms with van der Waals surface area (Å²) in [7, 11) is -0.715. The minimum atomic E-state index is -0.715. The van der Waals surface area contributed by atoms with Gasteiger partial charge in [0.15, 0.2) is 0 Å². The van der Waals surface area contributed by atoms with Crippen LogP contribution >= 0.6 is 11.6 Å². The number of halogens is 1. The fraction of sp³-hybridized carbons (Fsp3) is 0.571. The lowest BCUT2D eigenvalue weighted by Gasteiger charge is -2.39. The van der Waals surface area contributed by atoms with Gasteiger partial charge in [0.25, 0.3) is 0 Å². The molecule has 0 aromatic heterocycles. The molecular weight excluding hydrogens is 232 g/mol. The van der Waals surface area contributed by atoms with E-state index in [1.165, 1.54) is 5.19 Å². The van der Waals surface area contributed by atoms with Gasteiger partial charge in [-0.05, 0) is 21.3 Å². The lowest BCUT2D eigenvalue weighted by Crippen LogP contribution is -2.46. The minimum absolute atomic E-state index is 0.313. The summed E-state index contributed by atoms with van der Waals surface area (Å²) in [5.74, 6) is 0. The van der Waals surface area contributed by atoms with Crippen molar-refractivity contribution in [2.24, 2.45) is 0 Å². The van der Waals surface area contributed by atoms with Gasteiger partial charge in [0.2, 0.25) is 0 Å². The highest BCUT2D eigenvalue weighted by Gasteiger charge is 2.39. The molecule has 2 heteroatoms. The number of hydrogen-bond donors (Lipinski definition) is 0. The largest absolute Gasteiger partial charge is 0.0989 e. The molecule has 1 rings (SSSR count). The Kier molecular flexibility index (Phi) is 3.91. The van der Waals surface area contributed by atoms with Crippen LogP contribution in [-0.4, -0.2) is 8.80 Å². The average Bonchev–Trinajstić information content (AvgIpc) is 2.03. The molecule has 0 atom stereocenters. The fourth-order valence-electron chi connectivity index (χ4n) is 2.60. The van der Waals surface area contributed by atoms with Crippen molar-refractivity contribution >= 4 is 25.6 Å². The zero-order valence-electron chi connectivity index (χ0n) is 11.2. The first kappa shape index (κ1) is 13.8. The smallest absolute Gasteiger partial charge is 0.0845 e. The molecule has 0 aliphatic heterocycles. The highest BCUT2D eigenvalue weighted by Crippen LogP contribution is 2.42. The normalized spacial score (nSPS) is 13.2. The molecule has 0 N–H and O–H groups in total. The predicted molar refractivity (Wildman–Crippen MR) is 76.3 cm³/mol. The van der Waals surface area contributed by atoms with Crippen LogP contribution in [0.3, 0.4) is 0 Å². The number of rotatable bonds is 1. The summed E-state index contributed by atoms with van der Waals surface area (Å²) in [4.78, 5) is 0. The van der Waals surface area contributed by atoms with Gasteiger partial charge in [-0.15, -0.1) is 0 Å². The number of benzene rings is 1. The van der Waals surface area contributed by atoms with Gasteiger partial charge in [-0.2, -0.15) is 0 Å². The summed E-state index contributed by atoms with van der Waals surface area (Å²) in [5, 5.41) is 2.93.